The van der Waals surface area contributed by atoms with Crippen LogP contribution in [-0.4, -0.2) is 0 Å². The number of fused-ring (bicyclic) bond motifs is 7. The van der Waals surface area contributed by atoms with Gasteiger partial charge in [-0.15, -0.1) is 0 Å². The van der Waals surface area contributed by atoms with Crippen molar-refractivity contribution in [3.63, 3.8) is 0 Å². The quantitative estimate of drug-likeness (QED) is 0.173. The zero-order valence-corrected chi connectivity index (χ0v) is 29.7. The predicted octanol–water partition coefficient (Wildman–Crippen LogP) is 15.1. The number of anilines is 3. The van der Waals surface area contributed by atoms with Gasteiger partial charge in [0, 0.05) is 38.6 Å². The summed E-state index contributed by atoms with van der Waals surface area (Å²) in [6.07, 6.45) is 0. The number of hydrogen-bond acceptors (Lipinski definition) is 3. The molecule has 3 heteroatoms. The van der Waals surface area contributed by atoms with Gasteiger partial charge in [0.1, 0.15) is 22.3 Å². The van der Waals surface area contributed by atoms with Gasteiger partial charge < -0.3 is 13.7 Å². The molecule has 0 N–H and O–H groups in total. The second-order valence-electron chi connectivity index (χ2n) is 14.1. The van der Waals surface area contributed by atoms with E-state index in [0.29, 0.717) is 6.04 Å². The lowest BCUT2D eigenvalue weighted by Gasteiger charge is -2.26. The van der Waals surface area contributed by atoms with Crippen LogP contribution in [0.15, 0.2) is 209 Å². The SMILES string of the molecule is [2H]c1ccc2c(c1)oc1cc(-c3ccc(N(c4ccc(-c5cccc6ccccc56)cc4)c4cccc(-c5ccc6oc7ccccc7c6c5)c4)cc3)ccc12. The van der Waals surface area contributed by atoms with E-state index in [9.17, 15) is 0 Å². The standard InChI is InChI=1S/C52H33NO2/c1-2-13-43-35(9-1)10-8-16-44(43)36-21-27-41(28-22-36)53(40-25-19-34(20-26-40)39-23-29-47-45-14-3-5-17-49(45)55-52(47)33-39)42-12-7-11-37(31-42)38-24-30-51-48(32-38)46-15-4-6-18-50(46)54-51/h1-33H/i5D. The predicted molar refractivity (Wildman–Crippen MR) is 229 cm³/mol. The highest BCUT2D eigenvalue weighted by Gasteiger charge is 2.16. The zero-order valence-electron chi connectivity index (χ0n) is 30.7. The highest BCUT2D eigenvalue weighted by atomic mass is 16.3. The van der Waals surface area contributed by atoms with E-state index < -0.39 is 0 Å². The summed E-state index contributed by atoms with van der Waals surface area (Å²) in [6.45, 7) is 0. The van der Waals surface area contributed by atoms with E-state index in [0.717, 1.165) is 83.2 Å². The van der Waals surface area contributed by atoms with Crippen molar-refractivity contribution in [2.24, 2.45) is 0 Å². The van der Waals surface area contributed by atoms with Crippen LogP contribution >= 0.6 is 0 Å². The maximum absolute atomic E-state index is 8.02. The van der Waals surface area contributed by atoms with E-state index in [4.69, 9.17) is 10.2 Å². The summed E-state index contributed by atoms with van der Waals surface area (Å²) in [5.41, 5.74) is 13.3. The van der Waals surface area contributed by atoms with Gasteiger partial charge in [-0.1, -0.05) is 127 Å². The summed E-state index contributed by atoms with van der Waals surface area (Å²) in [4.78, 5) is 2.33. The van der Waals surface area contributed by atoms with Gasteiger partial charge >= 0.3 is 0 Å². The molecular weight excluding hydrogens is 671 g/mol. The first-order valence-electron chi connectivity index (χ1n) is 19.1. The highest BCUT2D eigenvalue weighted by Crippen LogP contribution is 2.41. The third-order valence-electron chi connectivity index (χ3n) is 10.8. The minimum atomic E-state index is 0.443. The maximum atomic E-state index is 8.02. The van der Waals surface area contributed by atoms with Crippen LogP contribution in [-0.2, 0) is 0 Å². The Morgan fingerprint density at radius 1 is 0.327 bits per heavy atom. The molecule has 0 aliphatic rings. The largest absolute Gasteiger partial charge is 0.456 e. The molecule has 0 saturated carbocycles. The van der Waals surface area contributed by atoms with Crippen molar-refractivity contribution in [3.05, 3.63) is 200 Å². The molecule has 11 rings (SSSR count). The van der Waals surface area contributed by atoms with Crippen LogP contribution in [0, 0.1) is 0 Å². The molecule has 9 aromatic carbocycles. The molecule has 0 aliphatic carbocycles. The van der Waals surface area contributed by atoms with Gasteiger partial charge in [-0.25, -0.2) is 0 Å². The molecule has 55 heavy (non-hydrogen) atoms. The van der Waals surface area contributed by atoms with Crippen LogP contribution in [0.25, 0.3) is 88.0 Å². The van der Waals surface area contributed by atoms with Gasteiger partial charge in [-0.2, -0.15) is 0 Å². The van der Waals surface area contributed by atoms with Crippen molar-refractivity contribution in [1.82, 2.24) is 0 Å². The summed E-state index contributed by atoms with van der Waals surface area (Å²) in [5.74, 6) is 0. The Kier molecular flexibility index (Phi) is 6.93. The van der Waals surface area contributed by atoms with Gasteiger partial charge in [-0.3, -0.25) is 0 Å². The first kappa shape index (κ1) is 30.1. The third kappa shape index (κ3) is 5.36. The van der Waals surface area contributed by atoms with Crippen LogP contribution in [0.4, 0.5) is 17.1 Å². The van der Waals surface area contributed by atoms with Crippen LogP contribution < -0.4 is 4.90 Å². The Hall–Kier alpha value is -7.36. The molecule has 0 aliphatic heterocycles. The molecule has 0 unspecified atom stereocenters. The van der Waals surface area contributed by atoms with Gasteiger partial charge in [0.15, 0.2) is 0 Å². The minimum absolute atomic E-state index is 0.443. The van der Waals surface area contributed by atoms with Crippen molar-refractivity contribution in [2.45, 2.75) is 0 Å². The Morgan fingerprint density at radius 2 is 0.909 bits per heavy atom. The molecule has 0 amide bonds. The maximum Gasteiger partial charge on any atom is 0.136 e. The second-order valence-corrected chi connectivity index (χ2v) is 14.1. The number of rotatable bonds is 6. The second kappa shape index (κ2) is 12.6. The van der Waals surface area contributed by atoms with Gasteiger partial charge in [0.05, 0.1) is 1.37 Å². The number of hydrogen-bond donors (Lipinski definition) is 0. The number of furan rings is 2. The van der Waals surface area contributed by atoms with E-state index in [-0.39, 0.29) is 0 Å². The molecule has 0 saturated heterocycles. The molecule has 0 fully saturated rings. The van der Waals surface area contributed by atoms with E-state index in [1.807, 2.05) is 24.3 Å². The topological polar surface area (TPSA) is 29.5 Å². The fourth-order valence-corrected chi connectivity index (χ4v) is 8.10. The first-order valence-corrected chi connectivity index (χ1v) is 18.6. The lowest BCUT2D eigenvalue weighted by Crippen LogP contribution is -2.10. The minimum Gasteiger partial charge on any atom is -0.456 e. The van der Waals surface area contributed by atoms with Crippen LogP contribution in [0.2, 0.25) is 0 Å². The van der Waals surface area contributed by atoms with Gasteiger partial charge in [0.2, 0.25) is 0 Å². The zero-order chi connectivity index (χ0) is 37.2. The molecule has 0 radical (unpaired) electrons. The summed E-state index contributed by atoms with van der Waals surface area (Å²) >= 11 is 0. The van der Waals surface area contributed by atoms with E-state index in [2.05, 4.69) is 169 Å². The van der Waals surface area contributed by atoms with Crippen molar-refractivity contribution in [2.75, 3.05) is 4.90 Å². The van der Waals surface area contributed by atoms with Crippen molar-refractivity contribution >= 4 is 71.7 Å². The van der Waals surface area contributed by atoms with Crippen LogP contribution in [0.5, 0.6) is 0 Å². The van der Waals surface area contributed by atoms with Crippen LogP contribution in [0.1, 0.15) is 1.37 Å². The fraction of sp³-hybridized carbons (Fsp3) is 0. The van der Waals surface area contributed by atoms with Crippen LogP contribution in [0.3, 0.4) is 0 Å². The average molecular weight is 705 g/mol. The normalized spacial score (nSPS) is 11.9. The molecule has 2 aromatic heterocycles. The van der Waals surface area contributed by atoms with Crippen molar-refractivity contribution in [3.8, 4) is 33.4 Å². The van der Waals surface area contributed by atoms with E-state index in [1.165, 1.54) is 21.9 Å². The number of benzene rings is 9. The lowest BCUT2D eigenvalue weighted by atomic mass is 9.98. The fourth-order valence-electron chi connectivity index (χ4n) is 8.10. The molecule has 0 bridgehead atoms. The Morgan fingerprint density at radius 3 is 1.78 bits per heavy atom. The summed E-state index contributed by atoms with van der Waals surface area (Å²) in [6, 6.07) is 68.5. The lowest BCUT2D eigenvalue weighted by molar-refractivity contribution is 0.668. The van der Waals surface area contributed by atoms with Gasteiger partial charge in [-0.05, 0) is 117 Å². The molecule has 2 heterocycles. The number of nitrogens with zero attached hydrogens (tertiary/aromatic N) is 1. The molecule has 11 aromatic rings. The molecule has 258 valence electrons. The average Bonchev–Trinajstić information content (AvgIpc) is 3.81. The third-order valence-corrected chi connectivity index (χ3v) is 10.8. The smallest absolute Gasteiger partial charge is 0.136 e. The first-order chi connectivity index (χ1) is 27.6. The van der Waals surface area contributed by atoms with Crippen molar-refractivity contribution in [1.29, 1.82) is 0 Å². The molecular formula is C52H33NO2. The summed E-state index contributed by atoms with van der Waals surface area (Å²) in [5, 5.41) is 6.79. The monoisotopic (exact) mass is 704 g/mol. The van der Waals surface area contributed by atoms with E-state index in [1.54, 1.807) is 6.07 Å². The van der Waals surface area contributed by atoms with Crippen molar-refractivity contribution < 1.29 is 10.2 Å². The highest BCUT2D eigenvalue weighted by molar-refractivity contribution is 6.07. The molecule has 3 nitrogen and oxygen atoms in total. The molecule has 0 atom stereocenters. The molecule has 0 spiro atoms. The summed E-state index contributed by atoms with van der Waals surface area (Å²) in [7, 11) is 0. The van der Waals surface area contributed by atoms with E-state index >= 15 is 0 Å². The Balaban J connectivity index is 1.00. The number of para-hydroxylation sites is 2. The van der Waals surface area contributed by atoms with Gasteiger partial charge in [0.25, 0.3) is 0 Å². The Labute approximate surface area is 319 Å². The Bertz CT molecular complexity index is 3260. The summed E-state index contributed by atoms with van der Waals surface area (Å²) < 4.78 is 20.4.